The van der Waals surface area contributed by atoms with Crippen molar-refractivity contribution in [3.8, 4) is 0 Å². The monoisotopic (exact) mass is 222 g/mol. The Morgan fingerprint density at radius 3 is 2.47 bits per heavy atom. The first-order valence-electron chi connectivity index (χ1n) is 4.22. The Labute approximate surface area is 83.9 Å². The van der Waals surface area contributed by atoms with E-state index in [0.29, 0.717) is 0 Å². The summed E-state index contributed by atoms with van der Waals surface area (Å²) < 4.78 is 40.5. The van der Waals surface area contributed by atoms with Gasteiger partial charge in [-0.1, -0.05) is 0 Å². The first-order chi connectivity index (χ1) is 6.76. The summed E-state index contributed by atoms with van der Waals surface area (Å²) >= 11 is 0. The fourth-order valence-corrected chi connectivity index (χ4v) is 1.13. The van der Waals surface area contributed by atoms with Crippen LogP contribution in [0.5, 0.6) is 0 Å². The second-order valence-electron chi connectivity index (χ2n) is 3.45. The van der Waals surface area contributed by atoms with Crippen LogP contribution in [0.2, 0.25) is 0 Å². The standard InChI is InChI=1S/C9H9F3O3/c1-8(3-2-4-15-8)6(13)5-7(14)9(10,11)12/h2,4H,3,5H2,1H3. The molecule has 1 heterocycles. The lowest BCUT2D eigenvalue weighted by Gasteiger charge is -2.21. The highest BCUT2D eigenvalue weighted by atomic mass is 19.4. The fourth-order valence-electron chi connectivity index (χ4n) is 1.13. The molecule has 3 nitrogen and oxygen atoms in total. The molecular formula is C9H9F3O3. The Kier molecular flexibility index (Phi) is 2.88. The van der Waals surface area contributed by atoms with Crippen LogP contribution < -0.4 is 0 Å². The van der Waals surface area contributed by atoms with E-state index >= 15 is 0 Å². The van der Waals surface area contributed by atoms with Crippen molar-refractivity contribution in [1.29, 1.82) is 0 Å². The third kappa shape index (κ3) is 2.57. The van der Waals surface area contributed by atoms with Gasteiger partial charge in [0.2, 0.25) is 5.78 Å². The molecule has 0 aromatic rings. The molecule has 1 aliphatic rings. The number of Topliss-reactive ketones (excluding diaryl/α,β-unsaturated/α-hetero) is 2. The molecule has 84 valence electrons. The smallest absolute Gasteiger partial charge is 0.450 e. The summed E-state index contributed by atoms with van der Waals surface area (Å²) in [6.45, 7) is 1.36. The third-order valence-electron chi connectivity index (χ3n) is 2.16. The molecule has 0 amide bonds. The Morgan fingerprint density at radius 1 is 1.47 bits per heavy atom. The number of carbonyl (C=O) groups excluding carboxylic acids is 2. The number of alkyl halides is 3. The fraction of sp³-hybridized carbons (Fsp3) is 0.556. The number of hydrogen-bond acceptors (Lipinski definition) is 3. The van der Waals surface area contributed by atoms with Crippen LogP contribution in [0.15, 0.2) is 12.3 Å². The zero-order valence-electron chi connectivity index (χ0n) is 7.93. The predicted molar refractivity (Wildman–Crippen MR) is 43.9 cm³/mol. The van der Waals surface area contributed by atoms with E-state index in [0.717, 1.165) is 0 Å². The van der Waals surface area contributed by atoms with Crippen LogP contribution in [0, 0.1) is 0 Å². The van der Waals surface area contributed by atoms with Gasteiger partial charge in [0.15, 0.2) is 11.4 Å². The zero-order chi connectivity index (χ0) is 11.7. The van der Waals surface area contributed by atoms with E-state index in [9.17, 15) is 22.8 Å². The highest BCUT2D eigenvalue weighted by Gasteiger charge is 2.44. The topological polar surface area (TPSA) is 43.4 Å². The van der Waals surface area contributed by atoms with Crippen LogP contribution >= 0.6 is 0 Å². The third-order valence-corrected chi connectivity index (χ3v) is 2.16. The number of halogens is 3. The Hall–Kier alpha value is -1.33. The maximum Gasteiger partial charge on any atom is 0.450 e. The van der Waals surface area contributed by atoms with Crippen molar-refractivity contribution in [3.63, 3.8) is 0 Å². The van der Waals surface area contributed by atoms with Gasteiger partial charge in [0.05, 0.1) is 12.7 Å². The molecule has 0 aliphatic carbocycles. The van der Waals surface area contributed by atoms with E-state index in [1.165, 1.54) is 19.3 Å². The van der Waals surface area contributed by atoms with Gasteiger partial charge in [-0.2, -0.15) is 13.2 Å². The van der Waals surface area contributed by atoms with Crippen LogP contribution in [-0.2, 0) is 14.3 Å². The Bertz CT molecular complexity index is 309. The SMILES string of the molecule is CC1(C(=O)CC(=O)C(F)(F)F)CC=CO1. The maximum absolute atomic E-state index is 11.9. The Balaban J connectivity index is 2.60. The summed E-state index contributed by atoms with van der Waals surface area (Å²) in [7, 11) is 0. The van der Waals surface area contributed by atoms with E-state index in [1.54, 1.807) is 0 Å². The first kappa shape index (κ1) is 11.7. The normalized spacial score (nSPS) is 25.1. The minimum Gasteiger partial charge on any atom is -0.487 e. The number of ether oxygens (including phenoxy) is 1. The van der Waals surface area contributed by atoms with Crippen LogP contribution in [0.3, 0.4) is 0 Å². The highest BCUT2D eigenvalue weighted by Crippen LogP contribution is 2.27. The lowest BCUT2D eigenvalue weighted by molar-refractivity contribution is -0.173. The van der Waals surface area contributed by atoms with Gasteiger partial charge in [-0.05, 0) is 13.0 Å². The summed E-state index contributed by atoms with van der Waals surface area (Å²) in [4.78, 5) is 21.9. The molecule has 0 fully saturated rings. The average molecular weight is 222 g/mol. The van der Waals surface area contributed by atoms with Gasteiger partial charge in [0, 0.05) is 6.42 Å². The molecule has 0 aromatic carbocycles. The van der Waals surface area contributed by atoms with E-state index in [4.69, 9.17) is 4.74 Å². The number of ketones is 2. The van der Waals surface area contributed by atoms with Crippen molar-refractivity contribution in [2.24, 2.45) is 0 Å². The quantitative estimate of drug-likeness (QED) is 0.683. The van der Waals surface area contributed by atoms with Crippen LogP contribution in [-0.4, -0.2) is 23.3 Å². The zero-order valence-corrected chi connectivity index (χ0v) is 7.93. The first-order valence-corrected chi connectivity index (χ1v) is 4.22. The van der Waals surface area contributed by atoms with Gasteiger partial charge in [-0.25, -0.2) is 0 Å². The second-order valence-corrected chi connectivity index (χ2v) is 3.45. The van der Waals surface area contributed by atoms with Crippen molar-refractivity contribution in [2.45, 2.75) is 31.5 Å². The van der Waals surface area contributed by atoms with Gasteiger partial charge in [-0.3, -0.25) is 9.59 Å². The molecule has 0 saturated heterocycles. The molecule has 0 saturated carbocycles. The molecule has 0 N–H and O–H groups in total. The molecule has 0 radical (unpaired) electrons. The van der Waals surface area contributed by atoms with Crippen LogP contribution in [0.25, 0.3) is 0 Å². The van der Waals surface area contributed by atoms with Gasteiger partial charge in [0.1, 0.15) is 0 Å². The minimum absolute atomic E-state index is 0.191. The molecule has 0 bridgehead atoms. The van der Waals surface area contributed by atoms with Crippen LogP contribution in [0.4, 0.5) is 13.2 Å². The van der Waals surface area contributed by atoms with Crippen molar-refractivity contribution in [3.05, 3.63) is 12.3 Å². The lowest BCUT2D eigenvalue weighted by Crippen LogP contribution is -2.38. The summed E-state index contributed by atoms with van der Waals surface area (Å²) in [5.41, 5.74) is -1.32. The Morgan fingerprint density at radius 2 is 2.07 bits per heavy atom. The molecule has 1 rings (SSSR count). The van der Waals surface area contributed by atoms with Crippen LogP contribution in [0.1, 0.15) is 19.8 Å². The van der Waals surface area contributed by atoms with E-state index in [-0.39, 0.29) is 6.42 Å². The molecule has 0 aromatic heterocycles. The molecule has 1 atom stereocenters. The number of carbonyl (C=O) groups is 2. The summed E-state index contributed by atoms with van der Waals surface area (Å²) in [5.74, 6) is -2.89. The summed E-state index contributed by atoms with van der Waals surface area (Å²) in [5, 5.41) is 0. The van der Waals surface area contributed by atoms with Crippen molar-refractivity contribution in [2.75, 3.05) is 0 Å². The van der Waals surface area contributed by atoms with Gasteiger partial charge in [0.25, 0.3) is 0 Å². The summed E-state index contributed by atoms with van der Waals surface area (Å²) in [6.07, 6.45) is -3.16. The maximum atomic E-state index is 11.9. The average Bonchev–Trinajstić information content (AvgIpc) is 2.51. The van der Waals surface area contributed by atoms with Crippen molar-refractivity contribution >= 4 is 11.6 Å². The molecule has 6 heteroatoms. The number of rotatable bonds is 3. The minimum atomic E-state index is -4.96. The molecule has 1 aliphatic heterocycles. The van der Waals surface area contributed by atoms with Gasteiger partial charge < -0.3 is 4.74 Å². The molecular weight excluding hydrogens is 213 g/mol. The van der Waals surface area contributed by atoms with Crippen molar-refractivity contribution in [1.82, 2.24) is 0 Å². The van der Waals surface area contributed by atoms with E-state index < -0.39 is 29.8 Å². The van der Waals surface area contributed by atoms with Gasteiger partial charge in [-0.15, -0.1) is 0 Å². The molecule has 0 spiro atoms. The molecule has 15 heavy (non-hydrogen) atoms. The largest absolute Gasteiger partial charge is 0.487 e. The predicted octanol–water partition coefficient (Wildman–Crippen LogP) is 1.77. The molecule has 1 unspecified atom stereocenters. The summed E-state index contributed by atoms with van der Waals surface area (Å²) in [6, 6.07) is 0. The number of hydrogen-bond donors (Lipinski definition) is 0. The van der Waals surface area contributed by atoms with Crippen molar-refractivity contribution < 1.29 is 27.5 Å². The van der Waals surface area contributed by atoms with E-state index in [2.05, 4.69) is 0 Å². The second kappa shape index (κ2) is 3.67. The highest BCUT2D eigenvalue weighted by molar-refractivity contribution is 6.05. The van der Waals surface area contributed by atoms with E-state index in [1.807, 2.05) is 0 Å². The van der Waals surface area contributed by atoms with Gasteiger partial charge >= 0.3 is 6.18 Å². The lowest BCUT2D eigenvalue weighted by atomic mass is 9.94.